The fourth-order valence-corrected chi connectivity index (χ4v) is 3.54. The van der Waals surface area contributed by atoms with E-state index in [1.165, 1.54) is 0 Å². The number of hydrogen-bond acceptors (Lipinski definition) is 3. The number of rotatable bonds is 8. The number of aldehydes is 1. The lowest BCUT2D eigenvalue weighted by Gasteiger charge is -2.15. The first-order chi connectivity index (χ1) is 13.0. The van der Waals surface area contributed by atoms with Crippen LogP contribution in [0.25, 0.3) is 23.1 Å². The van der Waals surface area contributed by atoms with Crippen LogP contribution in [0.15, 0.2) is 48.5 Å². The molecule has 0 bridgehead atoms. The van der Waals surface area contributed by atoms with Gasteiger partial charge in [0.15, 0.2) is 0 Å². The van der Waals surface area contributed by atoms with Crippen molar-refractivity contribution in [3.05, 3.63) is 65.4 Å². The maximum Gasteiger partial charge on any atom is 0.150 e. The molecule has 0 saturated heterocycles. The minimum Gasteiger partial charge on any atom is -0.360 e. The second-order valence-electron chi connectivity index (χ2n) is 7.87. The molecule has 2 aromatic carbocycles. The Labute approximate surface area is 161 Å². The number of nitrogens with zero attached hydrogens (tertiary/aromatic N) is 2. The molecule has 0 fully saturated rings. The fourth-order valence-electron chi connectivity index (χ4n) is 2.78. The number of benzene rings is 2. The Kier molecular flexibility index (Phi) is 6.03. The van der Waals surface area contributed by atoms with Gasteiger partial charge in [-0.3, -0.25) is 4.79 Å². The standard InChI is InChI=1S/C22H26N2O2Si/c1-27(2,3)14-13-26-17-24-22-15-19(16-25)9-11-20(22)21(23-24)12-10-18-7-5-4-6-8-18/h4-12,15-16H,13-14,17H2,1-3H3. The summed E-state index contributed by atoms with van der Waals surface area (Å²) in [5.41, 5.74) is 3.56. The van der Waals surface area contributed by atoms with Crippen molar-refractivity contribution < 1.29 is 9.53 Å². The molecule has 0 aliphatic carbocycles. The summed E-state index contributed by atoms with van der Waals surface area (Å²) in [6.07, 6.45) is 4.92. The van der Waals surface area contributed by atoms with Crippen LogP contribution in [0, 0.1) is 0 Å². The van der Waals surface area contributed by atoms with E-state index in [0.717, 1.165) is 41.1 Å². The summed E-state index contributed by atoms with van der Waals surface area (Å²) < 4.78 is 7.72. The predicted octanol–water partition coefficient (Wildman–Crippen LogP) is 5.33. The van der Waals surface area contributed by atoms with Crippen LogP contribution in [-0.4, -0.2) is 30.7 Å². The van der Waals surface area contributed by atoms with Crippen molar-refractivity contribution in [2.24, 2.45) is 0 Å². The van der Waals surface area contributed by atoms with Gasteiger partial charge in [-0.05, 0) is 29.8 Å². The zero-order valence-electron chi connectivity index (χ0n) is 16.2. The highest BCUT2D eigenvalue weighted by Crippen LogP contribution is 2.22. The van der Waals surface area contributed by atoms with E-state index in [2.05, 4.69) is 31.8 Å². The second-order valence-corrected chi connectivity index (χ2v) is 13.5. The molecule has 0 saturated carbocycles. The van der Waals surface area contributed by atoms with Crippen LogP contribution in [-0.2, 0) is 11.5 Å². The van der Waals surface area contributed by atoms with Crippen LogP contribution in [0.5, 0.6) is 0 Å². The highest BCUT2D eigenvalue weighted by atomic mass is 28.3. The Morgan fingerprint density at radius 2 is 1.81 bits per heavy atom. The van der Waals surface area contributed by atoms with Gasteiger partial charge >= 0.3 is 0 Å². The molecule has 0 amide bonds. The van der Waals surface area contributed by atoms with Gasteiger partial charge in [0, 0.05) is 25.6 Å². The lowest BCUT2D eigenvalue weighted by atomic mass is 10.1. The summed E-state index contributed by atoms with van der Waals surface area (Å²) in [6.45, 7) is 8.13. The number of fused-ring (bicyclic) bond motifs is 1. The van der Waals surface area contributed by atoms with Crippen molar-refractivity contribution in [3.8, 4) is 0 Å². The Bertz CT molecular complexity index is 940. The first kappa shape index (κ1) is 19.3. The zero-order valence-corrected chi connectivity index (χ0v) is 17.2. The van der Waals surface area contributed by atoms with Gasteiger partial charge in [0.2, 0.25) is 0 Å². The minimum atomic E-state index is -1.12. The summed E-state index contributed by atoms with van der Waals surface area (Å²) in [5.74, 6) is 0. The second kappa shape index (κ2) is 8.46. The number of aromatic nitrogens is 2. The molecule has 27 heavy (non-hydrogen) atoms. The van der Waals surface area contributed by atoms with Crippen molar-refractivity contribution in [2.45, 2.75) is 32.4 Å². The van der Waals surface area contributed by atoms with Gasteiger partial charge in [0.1, 0.15) is 13.0 Å². The third-order valence-electron chi connectivity index (χ3n) is 4.38. The van der Waals surface area contributed by atoms with Gasteiger partial charge in [-0.2, -0.15) is 5.10 Å². The molecule has 4 nitrogen and oxygen atoms in total. The first-order valence-corrected chi connectivity index (χ1v) is 12.9. The molecule has 0 N–H and O–H groups in total. The number of carbonyl (C=O) groups is 1. The normalized spacial score (nSPS) is 12.1. The molecule has 0 atom stereocenters. The van der Waals surface area contributed by atoms with Crippen LogP contribution >= 0.6 is 0 Å². The molecule has 1 heterocycles. The summed E-state index contributed by atoms with van der Waals surface area (Å²) in [6, 6.07) is 16.9. The quantitative estimate of drug-likeness (QED) is 0.302. The van der Waals surface area contributed by atoms with Gasteiger partial charge in [-0.1, -0.05) is 62.1 Å². The van der Waals surface area contributed by atoms with Crippen LogP contribution in [0.3, 0.4) is 0 Å². The molecule has 0 aliphatic rings. The molecule has 3 aromatic rings. The van der Waals surface area contributed by atoms with E-state index in [-0.39, 0.29) is 0 Å². The lowest BCUT2D eigenvalue weighted by Crippen LogP contribution is -2.22. The third-order valence-corrected chi connectivity index (χ3v) is 6.09. The van der Waals surface area contributed by atoms with E-state index in [4.69, 9.17) is 9.84 Å². The van der Waals surface area contributed by atoms with Crippen LogP contribution in [0.2, 0.25) is 25.7 Å². The van der Waals surface area contributed by atoms with Gasteiger partial charge in [0.05, 0.1) is 11.2 Å². The maximum absolute atomic E-state index is 11.2. The Morgan fingerprint density at radius 1 is 1.04 bits per heavy atom. The van der Waals surface area contributed by atoms with Gasteiger partial charge in [0.25, 0.3) is 0 Å². The van der Waals surface area contributed by atoms with E-state index in [0.29, 0.717) is 12.3 Å². The molecule has 5 heteroatoms. The molecule has 0 unspecified atom stereocenters. The average molecular weight is 379 g/mol. The monoisotopic (exact) mass is 378 g/mol. The van der Waals surface area contributed by atoms with Crippen molar-refractivity contribution in [3.63, 3.8) is 0 Å². The molecule has 0 spiro atoms. The van der Waals surface area contributed by atoms with Gasteiger partial charge in [-0.15, -0.1) is 0 Å². The summed E-state index contributed by atoms with van der Waals surface area (Å²) in [5, 5.41) is 5.73. The van der Waals surface area contributed by atoms with E-state index in [1.54, 1.807) is 0 Å². The average Bonchev–Trinajstić information content (AvgIpc) is 3.00. The number of carbonyl (C=O) groups excluding carboxylic acids is 1. The smallest absolute Gasteiger partial charge is 0.150 e. The minimum absolute atomic E-state index is 0.391. The molecule has 140 valence electrons. The molecule has 0 aliphatic heterocycles. The van der Waals surface area contributed by atoms with E-state index >= 15 is 0 Å². The van der Waals surface area contributed by atoms with Crippen molar-refractivity contribution in [2.75, 3.05) is 6.61 Å². The van der Waals surface area contributed by atoms with Crippen molar-refractivity contribution in [1.29, 1.82) is 0 Å². The van der Waals surface area contributed by atoms with Gasteiger partial charge in [-0.25, -0.2) is 4.68 Å². The van der Waals surface area contributed by atoms with Crippen molar-refractivity contribution in [1.82, 2.24) is 9.78 Å². The Hall–Kier alpha value is -2.50. The third kappa shape index (κ3) is 5.25. The SMILES string of the molecule is C[Si](C)(C)CCOCn1nc(C=Cc2ccccc2)c2ccc(C=O)cc21. The maximum atomic E-state index is 11.2. The number of ether oxygens (including phenoxy) is 1. The molecular formula is C22H26N2O2Si. The topological polar surface area (TPSA) is 44.1 Å². The fraction of sp³-hybridized carbons (Fsp3) is 0.273. The molecular weight excluding hydrogens is 352 g/mol. The molecule has 3 rings (SSSR count). The van der Waals surface area contributed by atoms with E-state index in [9.17, 15) is 4.79 Å². The van der Waals surface area contributed by atoms with Crippen LogP contribution < -0.4 is 0 Å². The zero-order chi connectivity index (χ0) is 19.3. The highest BCUT2D eigenvalue weighted by Gasteiger charge is 2.13. The van der Waals surface area contributed by atoms with Crippen molar-refractivity contribution >= 4 is 37.4 Å². The first-order valence-electron chi connectivity index (χ1n) is 9.23. The molecule has 0 radical (unpaired) electrons. The van der Waals surface area contributed by atoms with Crippen LogP contribution in [0.4, 0.5) is 0 Å². The summed E-state index contributed by atoms with van der Waals surface area (Å²) in [4.78, 5) is 11.2. The number of hydrogen-bond donors (Lipinski definition) is 0. The summed E-state index contributed by atoms with van der Waals surface area (Å²) >= 11 is 0. The Balaban J connectivity index is 1.86. The van der Waals surface area contributed by atoms with Gasteiger partial charge < -0.3 is 4.74 Å². The Morgan fingerprint density at radius 3 is 2.52 bits per heavy atom. The lowest BCUT2D eigenvalue weighted by molar-refractivity contribution is 0.0816. The van der Waals surface area contributed by atoms with Crippen LogP contribution in [0.1, 0.15) is 21.6 Å². The predicted molar refractivity (Wildman–Crippen MR) is 115 cm³/mol. The van der Waals surface area contributed by atoms with E-state index < -0.39 is 8.07 Å². The largest absolute Gasteiger partial charge is 0.360 e. The summed E-state index contributed by atoms with van der Waals surface area (Å²) in [7, 11) is -1.12. The highest BCUT2D eigenvalue weighted by molar-refractivity contribution is 6.76. The molecule has 1 aromatic heterocycles. The van der Waals surface area contributed by atoms with E-state index in [1.807, 2.05) is 53.2 Å².